The molecular formula is C21H33N5O. The minimum atomic E-state index is 0.440. The summed E-state index contributed by atoms with van der Waals surface area (Å²) in [5.74, 6) is 0.913. The zero-order chi connectivity index (χ0) is 18.9. The first-order chi connectivity index (χ1) is 13.3. The quantitative estimate of drug-likeness (QED) is 0.379. The third-order valence-corrected chi connectivity index (χ3v) is 5.12. The highest BCUT2D eigenvalue weighted by Crippen LogP contribution is 2.18. The third kappa shape index (κ3) is 5.71. The number of nitrogens with one attached hydrogen (secondary N) is 3. The zero-order valence-corrected chi connectivity index (χ0v) is 16.6. The lowest BCUT2D eigenvalue weighted by molar-refractivity contribution is 0.0220. The molecule has 0 radical (unpaired) electrons. The monoisotopic (exact) mass is 371 g/mol. The normalized spacial score (nSPS) is 17.2. The molecule has 148 valence electrons. The molecule has 1 aromatic heterocycles. The van der Waals surface area contributed by atoms with E-state index in [4.69, 9.17) is 9.73 Å². The summed E-state index contributed by atoms with van der Waals surface area (Å²) in [5.41, 5.74) is 2.60. The van der Waals surface area contributed by atoms with Gasteiger partial charge in [-0.15, -0.1) is 0 Å². The second kappa shape index (κ2) is 10.3. The number of benzene rings is 1. The summed E-state index contributed by atoms with van der Waals surface area (Å²) >= 11 is 0. The lowest BCUT2D eigenvalue weighted by Gasteiger charge is -2.31. The van der Waals surface area contributed by atoms with Crippen LogP contribution in [0, 0.1) is 0 Å². The van der Waals surface area contributed by atoms with E-state index in [2.05, 4.69) is 64.8 Å². The van der Waals surface area contributed by atoms with Gasteiger partial charge in [-0.1, -0.05) is 18.2 Å². The van der Waals surface area contributed by atoms with Crippen LogP contribution in [-0.2, 0) is 11.2 Å². The Balaban J connectivity index is 1.44. The largest absolute Gasteiger partial charge is 0.379 e. The van der Waals surface area contributed by atoms with Crippen LogP contribution in [0.1, 0.15) is 25.8 Å². The number of aliphatic imine (C=N–C) groups is 1. The van der Waals surface area contributed by atoms with Gasteiger partial charge < -0.3 is 20.4 Å². The molecule has 1 saturated heterocycles. The summed E-state index contributed by atoms with van der Waals surface area (Å²) < 4.78 is 5.43. The van der Waals surface area contributed by atoms with Crippen LogP contribution >= 0.6 is 0 Å². The lowest BCUT2D eigenvalue weighted by Crippen LogP contribution is -2.44. The number of morpholine rings is 1. The van der Waals surface area contributed by atoms with Gasteiger partial charge in [-0.2, -0.15) is 0 Å². The summed E-state index contributed by atoms with van der Waals surface area (Å²) in [6.07, 6.45) is 4.26. The second-order valence-electron chi connectivity index (χ2n) is 7.11. The molecule has 6 nitrogen and oxygen atoms in total. The lowest BCUT2D eigenvalue weighted by atomic mass is 10.1. The van der Waals surface area contributed by atoms with Gasteiger partial charge in [-0.05, 0) is 38.3 Å². The number of hydrogen-bond donors (Lipinski definition) is 3. The smallest absolute Gasteiger partial charge is 0.191 e. The van der Waals surface area contributed by atoms with Gasteiger partial charge >= 0.3 is 0 Å². The average molecular weight is 372 g/mol. The molecule has 0 spiro atoms. The van der Waals surface area contributed by atoms with E-state index in [1.54, 1.807) is 0 Å². The number of hydrogen-bond acceptors (Lipinski definition) is 3. The van der Waals surface area contributed by atoms with Crippen molar-refractivity contribution in [2.45, 2.75) is 32.7 Å². The standard InChI is InChI=1S/C21H33N5O/c1-3-22-21(25-15-17(2)26-11-13-27-14-12-26)23-10-6-7-18-16-24-20-9-5-4-8-19(18)20/h4-5,8-9,16-17,24H,3,6-7,10-15H2,1-2H3,(H2,22,23,25). The summed E-state index contributed by atoms with van der Waals surface area (Å²) in [4.78, 5) is 10.6. The fraction of sp³-hybridized carbons (Fsp3) is 0.571. The number of aromatic nitrogens is 1. The fourth-order valence-electron chi connectivity index (χ4n) is 3.52. The Morgan fingerprint density at radius 3 is 2.89 bits per heavy atom. The number of aromatic amines is 1. The highest BCUT2D eigenvalue weighted by molar-refractivity contribution is 5.83. The summed E-state index contributed by atoms with van der Waals surface area (Å²) in [6.45, 7) is 10.6. The highest BCUT2D eigenvalue weighted by atomic mass is 16.5. The van der Waals surface area contributed by atoms with Gasteiger partial charge in [0.25, 0.3) is 0 Å². The van der Waals surface area contributed by atoms with Gasteiger partial charge in [0.1, 0.15) is 0 Å². The number of rotatable bonds is 8. The first-order valence-corrected chi connectivity index (χ1v) is 10.2. The summed E-state index contributed by atoms with van der Waals surface area (Å²) in [7, 11) is 0. The number of aryl methyl sites for hydroxylation is 1. The molecule has 27 heavy (non-hydrogen) atoms. The molecule has 1 aliphatic heterocycles. The van der Waals surface area contributed by atoms with Crippen LogP contribution in [0.15, 0.2) is 35.5 Å². The molecule has 3 rings (SSSR count). The van der Waals surface area contributed by atoms with Crippen LogP contribution in [0.25, 0.3) is 10.9 Å². The fourth-order valence-corrected chi connectivity index (χ4v) is 3.52. The molecule has 0 saturated carbocycles. The third-order valence-electron chi connectivity index (χ3n) is 5.12. The van der Waals surface area contributed by atoms with Crippen LogP contribution in [0.5, 0.6) is 0 Å². The van der Waals surface area contributed by atoms with E-state index in [0.717, 1.165) is 64.7 Å². The topological polar surface area (TPSA) is 64.7 Å². The predicted molar refractivity (Wildman–Crippen MR) is 112 cm³/mol. The van der Waals surface area contributed by atoms with Crippen LogP contribution in [0.4, 0.5) is 0 Å². The molecule has 2 aromatic rings. The van der Waals surface area contributed by atoms with Crippen molar-refractivity contribution in [1.29, 1.82) is 0 Å². The van der Waals surface area contributed by atoms with Crippen molar-refractivity contribution in [1.82, 2.24) is 20.5 Å². The van der Waals surface area contributed by atoms with Crippen molar-refractivity contribution in [3.05, 3.63) is 36.0 Å². The Morgan fingerprint density at radius 1 is 1.26 bits per heavy atom. The van der Waals surface area contributed by atoms with Crippen LogP contribution in [-0.4, -0.2) is 67.8 Å². The van der Waals surface area contributed by atoms with Crippen molar-refractivity contribution in [2.24, 2.45) is 4.99 Å². The zero-order valence-electron chi connectivity index (χ0n) is 16.6. The molecule has 1 atom stereocenters. The van der Waals surface area contributed by atoms with E-state index < -0.39 is 0 Å². The maximum atomic E-state index is 5.43. The number of nitrogens with zero attached hydrogens (tertiary/aromatic N) is 2. The summed E-state index contributed by atoms with van der Waals surface area (Å²) in [6, 6.07) is 8.93. The molecule has 0 amide bonds. The van der Waals surface area contributed by atoms with Gasteiger partial charge in [-0.3, -0.25) is 9.89 Å². The number of guanidine groups is 1. The minimum absolute atomic E-state index is 0.440. The Morgan fingerprint density at radius 2 is 2.07 bits per heavy atom. The van der Waals surface area contributed by atoms with Gasteiger partial charge in [-0.25, -0.2) is 0 Å². The Labute approximate surface area is 162 Å². The highest BCUT2D eigenvalue weighted by Gasteiger charge is 2.16. The Bertz CT molecular complexity index is 720. The van der Waals surface area contributed by atoms with Crippen LogP contribution in [0.3, 0.4) is 0 Å². The molecule has 2 heterocycles. The molecule has 6 heteroatoms. The predicted octanol–water partition coefficient (Wildman–Crippen LogP) is 2.38. The molecule has 1 aromatic carbocycles. The maximum absolute atomic E-state index is 5.43. The van der Waals surface area contributed by atoms with Gasteiger partial charge in [0.15, 0.2) is 5.96 Å². The van der Waals surface area contributed by atoms with E-state index in [0.29, 0.717) is 6.04 Å². The van der Waals surface area contributed by atoms with Gasteiger partial charge in [0, 0.05) is 49.3 Å². The summed E-state index contributed by atoms with van der Waals surface area (Å²) in [5, 5.41) is 8.16. The van der Waals surface area contributed by atoms with E-state index in [-0.39, 0.29) is 0 Å². The molecule has 1 aliphatic rings. The van der Waals surface area contributed by atoms with Crippen molar-refractivity contribution in [3.63, 3.8) is 0 Å². The van der Waals surface area contributed by atoms with Gasteiger partial charge in [0.05, 0.1) is 19.8 Å². The molecule has 0 bridgehead atoms. The molecule has 0 aliphatic carbocycles. The van der Waals surface area contributed by atoms with Crippen molar-refractivity contribution in [3.8, 4) is 0 Å². The number of fused-ring (bicyclic) bond motifs is 1. The van der Waals surface area contributed by atoms with E-state index in [9.17, 15) is 0 Å². The molecule has 3 N–H and O–H groups in total. The second-order valence-corrected chi connectivity index (χ2v) is 7.11. The van der Waals surface area contributed by atoms with Crippen molar-refractivity contribution in [2.75, 3.05) is 45.9 Å². The SMILES string of the molecule is CCNC(=NCC(C)N1CCOCC1)NCCCc1c[nH]c2ccccc12. The molecular weight excluding hydrogens is 338 g/mol. The minimum Gasteiger partial charge on any atom is -0.379 e. The first-order valence-electron chi connectivity index (χ1n) is 10.2. The first kappa shape index (κ1) is 19.7. The van der Waals surface area contributed by atoms with E-state index in [1.165, 1.54) is 16.5 Å². The van der Waals surface area contributed by atoms with Crippen molar-refractivity contribution < 1.29 is 4.74 Å². The average Bonchev–Trinajstić information content (AvgIpc) is 3.13. The Kier molecular flexibility index (Phi) is 7.54. The van der Waals surface area contributed by atoms with Gasteiger partial charge in [0.2, 0.25) is 0 Å². The number of ether oxygens (including phenoxy) is 1. The van der Waals surface area contributed by atoms with Crippen molar-refractivity contribution >= 4 is 16.9 Å². The molecule has 1 unspecified atom stereocenters. The van der Waals surface area contributed by atoms with E-state index >= 15 is 0 Å². The van der Waals surface area contributed by atoms with Crippen LogP contribution in [0.2, 0.25) is 0 Å². The maximum Gasteiger partial charge on any atom is 0.191 e. The number of para-hydroxylation sites is 1. The van der Waals surface area contributed by atoms with Crippen LogP contribution < -0.4 is 10.6 Å². The van der Waals surface area contributed by atoms with E-state index in [1.807, 2.05) is 0 Å². The molecule has 1 fully saturated rings. The number of H-pyrrole nitrogens is 1. The Hall–Kier alpha value is -2.05.